The molecule has 0 aliphatic carbocycles. The number of amides is 2. The van der Waals surface area contributed by atoms with Gasteiger partial charge < -0.3 is 20.1 Å². The second-order valence-electron chi connectivity index (χ2n) is 9.84. The summed E-state index contributed by atoms with van der Waals surface area (Å²) < 4.78 is 5.44. The number of ether oxygens (including phenoxy) is 1. The van der Waals surface area contributed by atoms with E-state index in [-0.39, 0.29) is 31.5 Å². The first-order valence-electron chi connectivity index (χ1n) is 12.8. The Hall–Kier alpha value is -3.40. The zero-order valence-corrected chi connectivity index (χ0v) is 21.9. The molecule has 9 nitrogen and oxygen atoms in total. The van der Waals surface area contributed by atoms with E-state index in [0.29, 0.717) is 39.3 Å². The summed E-state index contributed by atoms with van der Waals surface area (Å²) in [5.41, 5.74) is 4.02. The maximum Gasteiger partial charge on any atom is 0.256 e. The molecule has 4 heterocycles. The van der Waals surface area contributed by atoms with Gasteiger partial charge in [0.25, 0.3) is 5.91 Å². The highest BCUT2D eigenvalue weighted by atomic mass is 35.5. The first kappa shape index (κ1) is 26.2. The quantitative estimate of drug-likeness (QED) is 0.454. The van der Waals surface area contributed by atoms with Gasteiger partial charge in [-0.05, 0) is 37.3 Å². The van der Waals surface area contributed by atoms with Crippen LogP contribution in [-0.2, 0) is 22.5 Å². The number of nitrogens with zero attached hydrogens (tertiary/aromatic N) is 4. The van der Waals surface area contributed by atoms with Crippen molar-refractivity contribution in [3.63, 3.8) is 0 Å². The van der Waals surface area contributed by atoms with Crippen molar-refractivity contribution in [2.45, 2.75) is 38.8 Å². The van der Waals surface area contributed by atoms with Crippen molar-refractivity contribution < 1.29 is 19.4 Å². The third-order valence-electron chi connectivity index (χ3n) is 7.00. The summed E-state index contributed by atoms with van der Waals surface area (Å²) in [4.78, 5) is 41.0. The Labute approximate surface area is 226 Å². The molecule has 0 spiro atoms. The lowest BCUT2D eigenvalue weighted by Crippen LogP contribution is -2.40. The van der Waals surface area contributed by atoms with Crippen molar-refractivity contribution in [1.82, 2.24) is 25.2 Å². The summed E-state index contributed by atoms with van der Waals surface area (Å²) in [5, 5.41) is 13.0. The molecule has 1 aromatic carbocycles. The molecule has 38 heavy (non-hydrogen) atoms. The summed E-state index contributed by atoms with van der Waals surface area (Å²) in [6.45, 7) is 3.29. The van der Waals surface area contributed by atoms with E-state index >= 15 is 0 Å². The van der Waals surface area contributed by atoms with Crippen molar-refractivity contribution in [3.8, 4) is 11.3 Å². The molecule has 198 valence electrons. The van der Waals surface area contributed by atoms with Crippen LogP contribution >= 0.6 is 11.6 Å². The van der Waals surface area contributed by atoms with Crippen LogP contribution in [0.1, 0.15) is 51.9 Å². The lowest BCUT2D eigenvalue weighted by atomic mass is 9.96. The van der Waals surface area contributed by atoms with Crippen LogP contribution in [-0.4, -0.2) is 63.1 Å². The summed E-state index contributed by atoms with van der Waals surface area (Å²) in [7, 11) is 0. The molecule has 0 radical (unpaired) electrons. The minimum Gasteiger partial charge on any atom is -0.394 e. The fraction of sp³-hybridized carbons (Fsp3) is 0.393. The van der Waals surface area contributed by atoms with E-state index in [2.05, 4.69) is 15.3 Å². The molecule has 2 N–H and O–H groups in total. The number of aromatic nitrogens is 3. The molecule has 2 aromatic heterocycles. The van der Waals surface area contributed by atoms with Crippen molar-refractivity contribution >= 4 is 23.4 Å². The van der Waals surface area contributed by atoms with Gasteiger partial charge >= 0.3 is 0 Å². The van der Waals surface area contributed by atoms with Gasteiger partial charge in [-0.25, -0.2) is 9.97 Å². The molecule has 0 bridgehead atoms. The average Bonchev–Trinajstić information content (AvgIpc) is 3.23. The Kier molecular flexibility index (Phi) is 7.97. The predicted molar refractivity (Wildman–Crippen MR) is 141 cm³/mol. The van der Waals surface area contributed by atoms with Crippen molar-refractivity contribution in [1.29, 1.82) is 0 Å². The molecule has 1 atom stereocenters. The molecule has 2 amide bonds. The number of hydrogen-bond acceptors (Lipinski definition) is 7. The Bertz CT molecular complexity index is 1340. The first-order chi connectivity index (χ1) is 18.4. The zero-order valence-electron chi connectivity index (χ0n) is 21.2. The number of nitrogens with one attached hydrogen (secondary N) is 1. The van der Waals surface area contributed by atoms with Crippen LogP contribution in [0.3, 0.4) is 0 Å². The molecular formula is C28H30ClN5O4. The lowest BCUT2D eigenvalue weighted by Gasteiger charge is -2.21. The summed E-state index contributed by atoms with van der Waals surface area (Å²) >= 11 is 6.44. The van der Waals surface area contributed by atoms with Gasteiger partial charge in [0.05, 0.1) is 41.2 Å². The number of rotatable bonds is 8. The maximum absolute atomic E-state index is 13.2. The molecular weight excluding hydrogens is 506 g/mol. The SMILES string of the molecule is Cc1cccc([C@@H](CO)NC(=O)CN2Cc3ncc(-c4nc(CC5CCOCC5)ncc4Cl)cc3C2=O)c1. The van der Waals surface area contributed by atoms with Crippen LogP contribution < -0.4 is 5.32 Å². The number of aliphatic hydroxyl groups excluding tert-OH is 1. The molecule has 2 aliphatic heterocycles. The van der Waals surface area contributed by atoms with Gasteiger partial charge in [0.2, 0.25) is 5.91 Å². The minimum atomic E-state index is -0.553. The van der Waals surface area contributed by atoms with Gasteiger partial charge in [0.15, 0.2) is 0 Å². The minimum absolute atomic E-state index is 0.143. The lowest BCUT2D eigenvalue weighted by molar-refractivity contribution is -0.122. The fourth-order valence-electron chi connectivity index (χ4n) is 4.93. The van der Waals surface area contributed by atoms with Crippen molar-refractivity contribution in [2.24, 2.45) is 5.92 Å². The van der Waals surface area contributed by atoms with Crippen LogP contribution in [0, 0.1) is 12.8 Å². The number of fused-ring (bicyclic) bond motifs is 1. The number of hydrogen-bond donors (Lipinski definition) is 2. The van der Waals surface area contributed by atoms with Crippen LogP contribution in [0.4, 0.5) is 0 Å². The zero-order chi connectivity index (χ0) is 26.6. The predicted octanol–water partition coefficient (Wildman–Crippen LogP) is 3.28. The van der Waals surface area contributed by atoms with Crippen LogP contribution in [0.15, 0.2) is 42.7 Å². The number of pyridine rings is 1. The van der Waals surface area contributed by atoms with E-state index < -0.39 is 6.04 Å². The van der Waals surface area contributed by atoms with Gasteiger partial charge in [0, 0.05) is 37.6 Å². The van der Waals surface area contributed by atoms with Crippen molar-refractivity contribution in [2.75, 3.05) is 26.4 Å². The molecule has 1 saturated heterocycles. The number of benzene rings is 1. The van der Waals surface area contributed by atoms with Gasteiger partial charge in [-0.2, -0.15) is 0 Å². The molecule has 10 heteroatoms. The molecule has 0 unspecified atom stereocenters. The standard InChI is InChI=1S/C28H30ClN5O4/c1-17-3-2-4-19(9-17)24(16-35)32-26(36)15-34-14-23-21(28(34)37)11-20(12-30-23)27-22(29)13-31-25(33-27)10-18-5-7-38-8-6-18/h2-4,9,11-13,18,24,35H,5-8,10,14-16H2,1H3,(H,32,36)/t24-/m1/s1. The molecule has 3 aromatic rings. The normalized spacial score (nSPS) is 16.4. The van der Waals surface area contributed by atoms with Crippen LogP contribution in [0.5, 0.6) is 0 Å². The van der Waals surface area contributed by atoms with E-state index in [4.69, 9.17) is 21.3 Å². The highest BCUT2D eigenvalue weighted by Gasteiger charge is 2.31. The maximum atomic E-state index is 13.2. The highest BCUT2D eigenvalue weighted by Crippen LogP contribution is 2.30. The second-order valence-corrected chi connectivity index (χ2v) is 10.2. The number of halogens is 1. The summed E-state index contributed by atoms with van der Waals surface area (Å²) in [5.74, 6) is 0.527. The smallest absolute Gasteiger partial charge is 0.256 e. The Morgan fingerprint density at radius 1 is 1.24 bits per heavy atom. The van der Waals surface area contributed by atoms with Crippen molar-refractivity contribution in [3.05, 3.63) is 76.0 Å². The number of aryl methyl sites for hydroxylation is 1. The third kappa shape index (κ3) is 5.85. The molecule has 2 aliphatic rings. The number of carbonyl (C=O) groups excluding carboxylic acids is 2. The van der Waals surface area contributed by atoms with Gasteiger partial charge in [0.1, 0.15) is 12.4 Å². The Balaban J connectivity index is 1.28. The molecule has 0 saturated carbocycles. The van der Waals surface area contributed by atoms with Crippen LogP contribution in [0.2, 0.25) is 5.02 Å². The number of carbonyl (C=O) groups is 2. The summed E-state index contributed by atoms with van der Waals surface area (Å²) in [6, 6.07) is 8.77. The summed E-state index contributed by atoms with van der Waals surface area (Å²) in [6.07, 6.45) is 5.94. The molecule has 5 rings (SSSR count). The third-order valence-corrected chi connectivity index (χ3v) is 7.28. The average molecular weight is 536 g/mol. The van der Waals surface area contributed by atoms with Gasteiger partial charge in [-0.3, -0.25) is 14.6 Å². The monoisotopic (exact) mass is 535 g/mol. The van der Waals surface area contributed by atoms with E-state index in [1.165, 1.54) is 4.90 Å². The Morgan fingerprint density at radius 2 is 2.05 bits per heavy atom. The second kappa shape index (κ2) is 11.6. The Morgan fingerprint density at radius 3 is 2.82 bits per heavy atom. The van der Waals surface area contributed by atoms with E-state index in [0.717, 1.165) is 43.6 Å². The van der Waals surface area contributed by atoms with Gasteiger partial charge in [-0.15, -0.1) is 0 Å². The largest absolute Gasteiger partial charge is 0.394 e. The van der Waals surface area contributed by atoms with E-state index in [1.54, 1.807) is 18.5 Å². The fourth-order valence-corrected chi connectivity index (χ4v) is 5.13. The number of aliphatic hydroxyl groups is 1. The highest BCUT2D eigenvalue weighted by molar-refractivity contribution is 6.32. The topological polar surface area (TPSA) is 118 Å². The van der Waals surface area contributed by atoms with Crippen LogP contribution in [0.25, 0.3) is 11.3 Å². The van der Waals surface area contributed by atoms with E-state index in [1.807, 2.05) is 31.2 Å². The van der Waals surface area contributed by atoms with E-state index in [9.17, 15) is 14.7 Å². The molecule has 1 fully saturated rings. The van der Waals surface area contributed by atoms with Gasteiger partial charge in [-0.1, -0.05) is 41.4 Å². The first-order valence-corrected chi connectivity index (χ1v) is 13.1.